The monoisotopic (exact) mass is 171 g/mol. The predicted octanol–water partition coefficient (Wildman–Crippen LogP) is 0.792. The second-order valence-corrected chi connectivity index (χ2v) is 1.32. The van der Waals surface area contributed by atoms with Crippen molar-refractivity contribution >= 4 is 30.0 Å². The van der Waals surface area contributed by atoms with Gasteiger partial charge in [-0.25, -0.2) is 0 Å². The van der Waals surface area contributed by atoms with E-state index >= 15 is 0 Å². The molecule has 0 unspecified atom stereocenters. The van der Waals surface area contributed by atoms with Crippen LogP contribution in [0.4, 0.5) is 0 Å². The molecule has 0 amide bonds. The zero-order valence-corrected chi connectivity index (χ0v) is 6.08. The molecule has 0 spiro atoms. The zero-order chi connectivity index (χ0) is 6.41. The summed E-state index contributed by atoms with van der Waals surface area (Å²) in [5.41, 5.74) is 1.21. The molecule has 0 aliphatic carbocycles. The number of carboxylic acids is 1. The molecular weight excluding hydrogens is 165 g/mol. The van der Waals surface area contributed by atoms with Crippen molar-refractivity contribution in [2.45, 2.75) is 0 Å². The highest BCUT2D eigenvalue weighted by Gasteiger charge is 1.87. The fourth-order valence-corrected chi connectivity index (χ4v) is 0.280. The van der Waals surface area contributed by atoms with Crippen molar-refractivity contribution < 1.29 is 9.90 Å². The van der Waals surface area contributed by atoms with Crippen molar-refractivity contribution in [1.29, 1.82) is 0 Å². The first-order valence-corrected chi connectivity index (χ1v) is 2.41. The Hall–Kier alpha value is -0.410. The van der Waals surface area contributed by atoms with Gasteiger partial charge in [0.25, 0.3) is 0 Å². The minimum Gasteiger partial charge on any atom is -0.480 e. The van der Waals surface area contributed by atoms with Crippen LogP contribution >= 0.6 is 24.0 Å². The van der Waals surface area contributed by atoms with Crippen LogP contribution in [0, 0.1) is 0 Å². The summed E-state index contributed by atoms with van der Waals surface area (Å²) in [7, 11) is 0. The molecule has 0 aromatic rings. The van der Waals surface area contributed by atoms with Gasteiger partial charge in [-0.15, -0.1) is 12.4 Å². The van der Waals surface area contributed by atoms with E-state index in [4.69, 9.17) is 16.7 Å². The maximum atomic E-state index is 9.73. The highest BCUT2D eigenvalue weighted by Crippen LogP contribution is 1.71. The van der Waals surface area contributed by atoms with Gasteiger partial charge in [0.15, 0.2) is 0 Å². The highest BCUT2D eigenvalue weighted by atomic mass is 35.5. The summed E-state index contributed by atoms with van der Waals surface area (Å²) < 4.78 is 0. The summed E-state index contributed by atoms with van der Waals surface area (Å²) in [6.45, 7) is -0.0940. The predicted molar refractivity (Wildman–Crippen MR) is 37.9 cm³/mol. The molecule has 0 saturated heterocycles. The lowest BCUT2D eigenvalue weighted by atomic mass is 10.7. The van der Waals surface area contributed by atoms with Gasteiger partial charge in [-0.2, -0.15) is 0 Å². The van der Waals surface area contributed by atoms with Crippen LogP contribution in [0.5, 0.6) is 0 Å². The van der Waals surface area contributed by atoms with Crippen LogP contribution in [0.2, 0.25) is 0 Å². The molecule has 2 N–H and O–H groups in total. The van der Waals surface area contributed by atoms with Crippen molar-refractivity contribution in [2.24, 2.45) is 0 Å². The highest BCUT2D eigenvalue weighted by molar-refractivity contribution is 6.25. The van der Waals surface area contributed by atoms with Crippen LogP contribution in [0.1, 0.15) is 0 Å². The topological polar surface area (TPSA) is 49.3 Å². The largest absolute Gasteiger partial charge is 0.480 e. The van der Waals surface area contributed by atoms with E-state index in [1.165, 1.54) is 11.7 Å². The third kappa shape index (κ3) is 11.3. The Bertz CT molecular complexity index is 105. The van der Waals surface area contributed by atoms with E-state index in [0.29, 0.717) is 0 Å². The molecule has 0 aliphatic rings. The Balaban J connectivity index is 0. The summed E-state index contributed by atoms with van der Waals surface area (Å²) in [6, 6.07) is 0. The Morgan fingerprint density at radius 2 is 2.33 bits per heavy atom. The molecule has 0 radical (unpaired) electrons. The van der Waals surface area contributed by atoms with Gasteiger partial charge in [0, 0.05) is 11.7 Å². The Kier molecular flexibility index (Phi) is 9.61. The third-order valence-corrected chi connectivity index (χ3v) is 0.560. The molecule has 3 nitrogen and oxygen atoms in total. The van der Waals surface area contributed by atoms with Gasteiger partial charge < -0.3 is 10.4 Å². The molecule has 5 heteroatoms. The summed E-state index contributed by atoms with van der Waals surface area (Å²) in [5.74, 6) is -0.903. The van der Waals surface area contributed by atoms with E-state index < -0.39 is 5.97 Å². The first-order chi connectivity index (χ1) is 3.77. The average Bonchev–Trinajstić information content (AvgIpc) is 1.66. The van der Waals surface area contributed by atoms with Crippen LogP contribution in [0.3, 0.4) is 0 Å². The summed E-state index contributed by atoms with van der Waals surface area (Å²) in [5, 5.41) is 10.4. The van der Waals surface area contributed by atoms with E-state index in [1.54, 1.807) is 0 Å². The van der Waals surface area contributed by atoms with Crippen molar-refractivity contribution in [2.75, 3.05) is 6.54 Å². The molecule has 54 valence electrons. The molecular formula is C4H7Cl2NO2. The van der Waals surface area contributed by atoms with Gasteiger partial charge in [0.1, 0.15) is 6.54 Å². The van der Waals surface area contributed by atoms with Crippen LogP contribution in [0.15, 0.2) is 11.7 Å². The fourth-order valence-electron chi connectivity index (χ4n) is 0.191. The first kappa shape index (κ1) is 11.4. The summed E-state index contributed by atoms with van der Waals surface area (Å²) >= 11 is 5.05. The number of carboxylic acid groups (broad SMARTS) is 1. The standard InChI is InChI=1S/C4H6ClNO2.ClH/c5-1-2-6-3-4(7)8;/h1-2,6H,3H2,(H,7,8);1H/b2-1+;. The normalized spacial score (nSPS) is 8.56. The number of hydrogen-bond acceptors (Lipinski definition) is 2. The minimum absolute atomic E-state index is 0. The van der Waals surface area contributed by atoms with E-state index in [-0.39, 0.29) is 19.0 Å². The SMILES string of the molecule is Cl.O=C(O)CN/C=C/Cl. The van der Waals surface area contributed by atoms with E-state index in [0.717, 1.165) is 0 Å². The van der Waals surface area contributed by atoms with Crippen molar-refractivity contribution in [3.05, 3.63) is 11.7 Å². The van der Waals surface area contributed by atoms with Crippen LogP contribution in [-0.4, -0.2) is 17.6 Å². The number of nitrogens with one attached hydrogen (secondary N) is 1. The molecule has 0 heterocycles. The quantitative estimate of drug-likeness (QED) is 0.661. The molecule has 0 fully saturated rings. The van der Waals surface area contributed by atoms with Gasteiger partial charge in [-0.05, 0) is 0 Å². The van der Waals surface area contributed by atoms with Crippen molar-refractivity contribution in [3.63, 3.8) is 0 Å². The maximum absolute atomic E-state index is 9.73. The molecule has 9 heavy (non-hydrogen) atoms. The minimum atomic E-state index is -0.903. The lowest BCUT2D eigenvalue weighted by molar-refractivity contribution is -0.135. The first-order valence-electron chi connectivity index (χ1n) is 1.98. The van der Waals surface area contributed by atoms with Crippen LogP contribution < -0.4 is 5.32 Å². The maximum Gasteiger partial charge on any atom is 0.322 e. The van der Waals surface area contributed by atoms with Gasteiger partial charge in [0.2, 0.25) is 0 Å². The van der Waals surface area contributed by atoms with Crippen LogP contribution in [-0.2, 0) is 4.79 Å². The van der Waals surface area contributed by atoms with Crippen molar-refractivity contribution in [1.82, 2.24) is 5.32 Å². The zero-order valence-electron chi connectivity index (χ0n) is 4.50. The lowest BCUT2D eigenvalue weighted by Crippen LogP contribution is -2.16. The van der Waals surface area contributed by atoms with Gasteiger partial charge in [0.05, 0.1) is 0 Å². The smallest absolute Gasteiger partial charge is 0.322 e. The Labute approximate surface area is 64.1 Å². The molecule has 0 aliphatic heterocycles. The second-order valence-electron chi connectivity index (χ2n) is 1.07. The Morgan fingerprint density at radius 1 is 1.78 bits per heavy atom. The molecule has 0 rings (SSSR count). The fraction of sp³-hybridized carbons (Fsp3) is 0.250. The summed E-state index contributed by atoms with van der Waals surface area (Å²) in [6.07, 6.45) is 1.36. The van der Waals surface area contributed by atoms with Crippen LogP contribution in [0.25, 0.3) is 0 Å². The number of halogens is 2. The summed E-state index contributed by atoms with van der Waals surface area (Å²) in [4.78, 5) is 9.73. The molecule has 0 atom stereocenters. The number of carbonyl (C=O) groups is 1. The Morgan fingerprint density at radius 3 is 2.67 bits per heavy atom. The van der Waals surface area contributed by atoms with Gasteiger partial charge >= 0.3 is 5.97 Å². The van der Waals surface area contributed by atoms with E-state index in [2.05, 4.69) is 5.32 Å². The number of rotatable bonds is 3. The van der Waals surface area contributed by atoms with Gasteiger partial charge in [-0.3, -0.25) is 4.79 Å². The number of hydrogen-bond donors (Lipinski definition) is 2. The lowest BCUT2D eigenvalue weighted by Gasteiger charge is -1.89. The molecule has 0 aromatic carbocycles. The molecule has 0 saturated carbocycles. The number of aliphatic carboxylic acids is 1. The molecule has 0 bridgehead atoms. The molecule has 0 aromatic heterocycles. The van der Waals surface area contributed by atoms with E-state index in [1.807, 2.05) is 0 Å². The average molecular weight is 172 g/mol. The van der Waals surface area contributed by atoms with Gasteiger partial charge in [-0.1, -0.05) is 11.6 Å². The third-order valence-electron chi connectivity index (χ3n) is 0.434. The second kappa shape index (κ2) is 7.59. The van der Waals surface area contributed by atoms with E-state index in [9.17, 15) is 4.79 Å². The van der Waals surface area contributed by atoms with Crippen molar-refractivity contribution in [3.8, 4) is 0 Å².